The Balaban J connectivity index is 1.88. The standard InChI is InChI=1S/C13H14Cl2N4O2/c14-7-1-2-9(20)10(11(7)15)6-3-4-17-8(5-6)12-18-19-13(16)21-12/h1-2,6,8,17,20H,3-5H2,(H2,16,19)/t6-,8+/m1/s1. The fourth-order valence-electron chi connectivity index (χ4n) is 2.70. The first-order valence-electron chi connectivity index (χ1n) is 6.55. The van der Waals surface area contributed by atoms with Gasteiger partial charge in [0.2, 0.25) is 5.89 Å². The normalized spacial score (nSPS) is 22.4. The van der Waals surface area contributed by atoms with Gasteiger partial charge in [0.25, 0.3) is 0 Å². The van der Waals surface area contributed by atoms with Gasteiger partial charge in [-0.15, -0.1) is 5.10 Å². The van der Waals surface area contributed by atoms with E-state index in [1.807, 2.05) is 0 Å². The summed E-state index contributed by atoms with van der Waals surface area (Å²) in [5, 5.41) is 21.8. The second-order valence-electron chi connectivity index (χ2n) is 5.00. The van der Waals surface area contributed by atoms with Crippen molar-refractivity contribution in [2.24, 2.45) is 0 Å². The van der Waals surface area contributed by atoms with Crippen LogP contribution in [-0.4, -0.2) is 21.8 Å². The minimum atomic E-state index is -0.122. The van der Waals surface area contributed by atoms with E-state index in [-0.39, 0.29) is 23.7 Å². The van der Waals surface area contributed by atoms with E-state index in [4.69, 9.17) is 33.4 Å². The third-order valence-electron chi connectivity index (χ3n) is 3.68. The number of aromatic hydroxyl groups is 1. The first-order valence-corrected chi connectivity index (χ1v) is 7.31. The first-order chi connectivity index (χ1) is 10.1. The number of hydrogen-bond acceptors (Lipinski definition) is 6. The lowest BCUT2D eigenvalue weighted by atomic mass is 9.86. The molecule has 3 rings (SSSR count). The summed E-state index contributed by atoms with van der Waals surface area (Å²) >= 11 is 12.3. The van der Waals surface area contributed by atoms with Gasteiger partial charge >= 0.3 is 6.01 Å². The molecule has 2 aromatic rings. The Bertz CT molecular complexity index is 662. The molecule has 1 aliphatic rings. The highest BCUT2D eigenvalue weighted by molar-refractivity contribution is 6.42. The lowest BCUT2D eigenvalue weighted by Gasteiger charge is -2.29. The molecule has 112 valence electrons. The highest BCUT2D eigenvalue weighted by Crippen LogP contribution is 2.43. The Morgan fingerprint density at radius 2 is 2.14 bits per heavy atom. The van der Waals surface area contributed by atoms with Gasteiger partial charge in [0.05, 0.1) is 16.1 Å². The summed E-state index contributed by atoms with van der Waals surface area (Å²) in [4.78, 5) is 0. The maximum absolute atomic E-state index is 10.1. The highest BCUT2D eigenvalue weighted by Gasteiger charge is 2.30. The zero-order valence-electron chi connectivity index (χ0n) is 11.0. The molecule has 0 bridgehead atoms. The van der Waals surface area contributed by atoms with Crippen LogP contribution in [0.2, 0.25) is 10.0 Å². The SMILES string of the molecule is Nc1nnc([C@@H]2C[C@H](c3c(O)ccc(Cl)c3Cl)CCN2)o1. The Morgan fingerprint density at radius 1 is 1.33 bits per heavy atom. The number of nitrogens with zero attached hydrogens (tertiary/aromatic N) is 2. The van der Waals surface area contributed by atoms with Crippen molar-refractivity contribution >= 4 is 29.2 Å². The topological polar surface area (TPSA) is 97.2 Å². The number of nitrogens with two attached hydrogens (primary N) is 1. The molecule has 4 N–H and O–H groups in total. The van der Waals surface area contributed by atoms with Crippen LogP contribution in [-0.2, 0) is 0 Å². The maximum Gasteiger partial charge on any atom is 0.312 e. The van der Waals surface area contributed by atoms with E-state index in [0.717, 1.165) is 13.0 Å². The molecule has 1 aromatic heterocycles. The monoisotopic (exact) mass is 328 g/mol. The fraction of sp³-hybridized carbons (Fsp3) is 0.385. The van der Waals surface area contributed by atoms with Gasteiger partial charge in [-0.1, -0.05) is 28.3 Å². The summed E-state index contributed by atoms with van der Waals surface area (Å²) in [5.74, 6) is 0.644. The van der Waals surface area contributed by atoms with Crippen LogP contribution >= 0.6 is 23.2 Å². The summed E-state index contributed by atoms with van der Waals surface area (Å²) in [6.07, 6.45) is 1.49. The molecule has 1 aliphatic heterocycles. The van der Waals surface area contributed by atoms with Crippen molar-refractivity contribution in [3.8, 4) is 5.75 Å². The third kappa shape index (κ3) is 2.79. The van der Waals surface area contributed by atoms with Gasteiger partial charge in [-0.25, -0.2) is 0 Å². The highest BCUT2D eigenvalue weighted by atomic mass is 35.5. The zero-order valence-corrected chi connectivity index (χ0v) is 12.5. The molecular weight excluding hydrogens is 315 g/mol. The van der Waals surface area contributed by atoms with E-state index in [0.29, 0.717) is 27.9 Å². The van der Waals surface area contributed by atoms with Crippen LogP contribution in [0.5, 0.6) is 5.75 Å². The van der Waals surface area contributed by atoms with Crippen molar-refractivity contribution in [3.05, 3.63) is 33.6 Å². The molecular formula is C13H14Cl2N4O2. The summed E-state index contributed by atoms with van der Waals surface area (Å²) < 4.78 is 5.26. The molecule has 1 fully saturated rings. The van der Waals surface area contributed by atoms with Gasteiger partial charge in [0, 0.05) is 5.56 Å². The molecule has 0 aliphatic carbocycles. The van der Waals surface area contributed by atoms with E-state index in [1.165, 1.54) is 0 Å². The first kappa shape index (κ1) is 14.4. The second-order valence-corrected chi connectivity index (χ2v) is 5.79. The van der Waals surface area contributed by atoms with Gasteiger partial charge in [0.15, 0.2) is 0 Å². The number of anilines is 1. The molecule has 21 heavy (non-hydrogen) atoms. The molecule has 6 nitrogen and oxygen atoms in total. The number of phenolic OH excluding ortho intramolecular Hbond substituents is 1. The molecule has 0 saturated carbocycles. The van der Waals surface area contributed by atoms with Gasteiger partial charge < -0.3 is 20.6 Å². The average molecular weight is 329 g/mol. The lowest BCUT2D eigenvalue weighted by Crippen LogP contribution is -2.31. The number of phenols is 1. The molecule has 0 unspecified atom stereocenters. The van der Waals surface area contributed by atoms with Crippen molar-refractivity contribution in [2.45, 2.75) is 24.8 Å². The minimum absolute atomic E-state index is 0.0394. The average Bonchev–Trinajstić information content (AvgIpc) is 2.90. The number of benzene rings is 1. The van der Waals surface area contributed by atoms with Crippen LogP contribution in [0.4, 0.5) is 6.01 Å². The van der Waals surface area contributed by atoms with E-state index >= 15 is 0 Å². The van der Waals surface area contributed by atoms with E-state index in [9.17, 15) is 5.11 Å². The number of nitrogens with one attached hydrogen (secondary N) is 1. The van der Waals surface area contributed by atoms with Gasteiger partial charge in [-0.05, 0) is 37.4 Å². The molecule has 0 radical (unpaired) electrons. The second kappa shape index (κ2) is 5.71. The largest absolute Gasteiger partial charge is 0.508 e. The zero-order chi connectivity index (χ0) is 15.0. The predicted molar refractivity (Wildman–Crippen MR) is 79.6 cm³/mol. The van der Waals surface area contributed by atoms with Gasteiger partial charge in [-0.3, -0.25) is 0 Å². The maximum atomic E-state index is 10.1. The Morgan fingerprint density at radius 3 is 2.86 bits per heavy atom. The van der Waals surface area contributed by atoms with Gasteiger partial charge in [-0.2, -0.15) is 0 Å². The molecule has 0 spiro atoms. The lowest BCUT2D eigenvalue weighted by molar-refractivity contribution is 0.312. The summed E-state index contributed by atoms with van der Waals surface area (Å²) in [6, 6.07) is 3.06. The van der Waals surface area contributed by atoms with Crippen LogP contribution < -0.4 is 11.1 Å². The fourth-order valence-corrected chi connectivity index (χ4v) is 3.18. The van der Waals surface area contributed by atoms with Crippen molar-refractivity contribution in [3.63, 3.8) is 0 Å². The van der Waals surface area contributed by atoms with Crippen LogP contribution in [0.25, 0.3) is 0 Å². The smallest absolute Gasteiger partial charge is 0.312 e. The number of halogens is 2. The molecule has 0 amide bonds. The number of hydrogen-bond donors (Lipinski definition) is 3. The van der Waals surface area contributed by atoms with E-state index in [1.54, 1.807) is 12.1 Å². The van der Waals surface area contributed by atoms with Crippen LogP contribution in [0, 0.1) is 0 Å². The number of piperidine rings is 1. The van der Waals surface area contributed by atoms with Crippen molar-refractivity contribution in [1.82, 2.24) is 15.5 Å². The number of nitrogen functional groups attached to an aromatic ring is 1. The van der Waals surface area contributed by atoms with E-state index in [2.05, 4.69) is 15.5 Å². The minimum Gasteiger partial charge on any atom is -0.508 e. The van der Waals surface area contributed by atoms with Crippen molar-refractivity contribution in [1.29, 1.82) is 0 Å². The van der Waals surface area contributed by atoms with Crippen molar-refractivity contribution < 1.29 is 9.52 Å². The van der Waals surface area contributed by atoms with Crippen LogP contribution in [0.3, 0.4) is 0 Å². The quantitative estimate of drug-likeness (QED) is 0.784. The van der Waals surface area contributed by atoms with Crippen LogP contribution in [0.1, 0.15) is 36.3 Å². The third-order valence-corrected chi connectivity index (χ3v) is 4.49. The summed E-state index contributed by atoms with van der Waals surface area (Å²) in [5.41, 5.74) is 6.12. The Labute approximate surface area is 131 Å². The molecule has 1 aromatic carbocycles. The van der Waals surface area contributed by atoms with Crippen LogP contribution in [0.15, 0.2) is 16.5 Å². The van der Waals surface area contributed by atoms with Crippen molar-refractivity contribution in [2.75, 3.05) is 12.3 Å². The van der Waals surface area contributed by atoms with E-state index < -0.39 is 0 Å². The number of rotatable bonds is 2. The Kier molecular flexibility index (Phi) is 3.93. The van der Waals surface area contributed by atoms with Gasteiger partial charge in [0.1, 0.15) is 5.75 Å². The predicted octanol–water partition coefficient (Wildman–Crippen LogP) is 2.87. The Hall–Kier alpha value is -1.50. The molecule has 8 heteroatoms. The summed E-state index contributed by atoms with van der Waals surface area (Å²) in [7, 11) is 0. The molecule has 2 atom stereocenters. The summed E-state index contributed by atoms with van der Waals surface area (Å²) in [6.45, 7) is 0.736. The molecule has 1 saturated heterocycles. The molecule has 2 heterocycles. The number of aromatic nitrogens is 2.